The Kier molecular flexibility index (Phi) is 5.38. The van der Waals surface area contributed by atoms with Gasteiger partial charge in [0.2, 0.25) is 0 Å². The summed E-state index contributed by atoms with van der Waals surface area (Å²) in [6.45, 7) is 2.37. The number of rotatable bonds is 6. The van der Waals surface area contributed by atoms with Gasteiger partial charge in [0.25, 0.3) is 5.91 Å². The molecule has 1 aromatic carbocycles. The van der Waals surface area contributed by atoms with Gasteiger partial charge in [-0.3, -0.25) is 9.59 Å². The first-order chi connectivity index (χ1) is 12.1. The SMILES string of the molecule is CCOc1cc(-c2ccccc2)sc1C(=O)N[C@H]1CC[C@@H](C(=O)O)C1. The van der Waals surface area contributed by atoms with Gasteiger partial charge in [-0.25, -0.2) is 0 Å². The second-order valence-electron chi connectivity index (χ2n) is 6.12. The zero-order chi connectivity index (χ0) is 17.8. The molecule has 2 atom stereocenters. The Morgan fingerprint density at radius 2 is 2.04 bits per heavy atom. The quantitative estimate of drug-likeness (QED) is 0.823. The second-order valence-corrected chi connectivity index (χ2v) is 7.17. The summed E-state index contributed by atoms with van der Waals surface area (Å²) < 4.78 is 5.64. The van der Waals surface area contributed by atoms with Gasteiger partial charge in [0.05, 0.1) is 12.5 Å². The zero-order valence-electron chi connectivity index (χ0n) is 14.0. The van der Waals surface area contributed by atoms with Crippen LogP contribution in [0.1, 0.15) is 35.9 Å². The molecule has 5 nitrogen and oxygen atoms in total. The van der Waals surface area contributed by atoms with Crippen molar-refractivity contribution in [3.05, 3.63) is 41.3 Å². The van der Waals surface area contributed by atoms with Crippen LogP contribution in [0.4, 0.5) is 0 Å². The van der Waals surface area contributed by atoms with E-state index in [0.29, 0.717) is 36.5 Å². The number of carbonyl (C=O) groups excluding carboxylic acids is 1. The Morgan fingerprint density at radius 1 is 1.28 bits per heavy atom. The number of carboxylic acids is 1. The molecular weight excluding hydrogens is 338 g/mol. The molecule has 1 aliphatic carbocycles. The number of carboxylic acid groups (broad SMARTS) is 1. The highest BCUT2D eigenvalue weighted by Crippen LogP contribution is 2.37. The van der Waals surface area contributed by atoms with E-state index in [4.69, 9.17) is 9.84 Å². The number of amides is 1. The largest absolute Gasteiger partial charge is 0.492 e. The lowest BCUT2D eigenvalue weighted by atomic mass is 10.1. The summed E-state index contributed by atoms with van der Waals surface area (Å²) in [7, 11) is 0. The van der Waals surface area contributed by atoms with Gasteiger partial charge in [-0.15, -0.1) is 11.3 Å². The lowest BCUT2D eigenvalue weighted by molar-refractivity contribution is -0.141. The van der Waals surface area contributed by atoms with Gasteiger partial charge >= 0.3 is 5.97 Å². The molecule has 0 aliphatic heterocycles. The normalized spacial score (nSPS) is 19.6. The van der Waals surface area contributed by atoms with E-state index in [1.54, 1.807) is 0 Å². The van der Waals surface area contributed by atoms with Gasteiger partial charge in [-0.2, -0.15) is 0 Å². The predicted molar refractivity (Wildman–Crippen MR) is 97.2 cm³/mol. The zero-order valence-corrected chi connectivity index (χ0v) is 14.8. The minimum atomic E-state index is -0.783. The molecule has 1 aliphatic rings. The van der Waals surface area contributed by atoms with Crippen molar-refractivity contribution in [3.8, 4) is 16.2 Å². The fourth-order valence-corrected chi connectivity index (χ4v) is 4.14. The first-order valence-electron chi connectivity index (χ1n) is 8.44. The van der Waals surface area contributed by atoms with Gasteiger partial charge in [-0.1, -0.05) is 30.3 Å². The molecule has 0 radical (unpaired) electrons. The Labute approximate surface area is 150 Å². The van der Waals surface area contributed by atoms with Crippen molar-refractivity contribution in [3.63, 3.8) is 0 Å². The number of hydrogen-bond donors (Lipinski definition) is 2. The molecule has 0 bridgehead atoms. The highest BCUT2D eigenvalue weighted by atomic mass is 32.1. The molecule has 25 heavy (non-hydrogen) atoms. The van der Waals surface area contributed by atoms with Crippen molar-refractivity contribution in [2.75, 3.05) is 6.61 Å². The van der Waals surface area contributed by atoms with Crippen molar-refractivity contribution in [2.45, 2.75) is 32.2 Å². The Morgan fingerprint density at radius 3 is 2.68 bits per heavy atom. The molecule has 0 spiro atoms. The molecule has 3 rings (SSSR count). The Bertz CT molecular complexity index is 756. The van der Waals surface area contributed by atoms with E-state index >= 15 is 0 Å². The van der Waals surface area contributed by atoms with Gasteiger partial charge in [-0.05, 0) is 37.8 Å². The summed E-state index contributed by atoms with van der Waals surface area (Å²) in [6, 6.07) is 11.7. The molecule has 2 N–H and O–H groups in total. The van der Waals surface area contributed by atoms with Crippen LogP contribution in [0.15, 0.2) is 36.4 Å². The molecule has 132 valence electrons. The number of carbonyl (C=O) groups is 2. The average Bonchev–Trinajstić information content (AvgIpc) is 3.23. The molecular formula is C19H21NO4S. The number of ether oxygens (including phenoxy) is 1. The van der Waals surface area contributed by atoms with Crippen molar-refractivity contribution in [1.29, 1.82) is 0 Å². The molecule has 0 unspecified atom stereocenters. The molecule has 2 aromatic rings. The van der Waals surface area contributed by atoms with Gasteiger partial charge in [0.1, 0.15) is 10.6 Å². The Balaban J connectivity index is 1.77. The minimum Gasteiger partial charge on any atom is -0.492 e. The average molecular weight is 359 g/mol. The van der Waals surface area contributed by atoms with Crippen molar-refractivity contribution >= 4 is 23.2 Å². The number of hydrogen-bond acceptors (Lipinski definition) is 4. The van der Waals surface area contributed by atoms with Crippen molar-refractivity contribution < 1.29 is 19.4 Å². The first-order valence-corrected chi connectivity index (χ1v) is 9.25. The smallest absolute Gasteiger partial charge is 0.306 e. The maximum atomic E-state index is 12.7. The monoisotopic (exact) mass is 359 g/mol. The highest BCUT2D eigenvalue weighted by Gasteiger charge is 2.31. The van der Waals surface area contributed by atoms with Gasteiger partial charge < -0.3 is 15.2 Å². The van der Waals surface area contributed by atoms with E-state index in [-0.39, 0.29) is 17.9 Å². The number of thiophene rings is 1. The van der Waals surface area contributed by atoms with E-state index in [1.807, 2.05) is 43.3 Å². The first kappa shape index (κ1) is 17.5. The summed E-state index contributed by atoms with van der Waals surface area (Å²) in [5.74, 6) is -0.752. The maximum Gasteiger partial charge on any atom is 0.306 e. The second kappa shape index (κ2) is 7.70. The topological polar surface area (TPSA) is 75.6 Å². The van der Waals surface area contributed by atoms with Crippen molar-refractivity contribution in [2.24, 2.45) is 5.92 Å². The van der Waals surface area contributed by atoms with Crippen LogP contribution in [0.3, 0.4) is 0 Å². The van der Waals surface area contributed by atoms with E-state index in [2.05, 4.69) is 5.32 Å². The number of aliphatic carboxylic acids is 1. The van der Waals surface area contributed by atoms with Crippen LogP contribution in [-0.4, -0.2) is 29.6 Å². The third kappa shape index (κ3) is 4.02. The molecule has 1 aromatic heterocycles. The third-order valence-electron chi connectivity index (χ3n) is 4.38. The molecule has 1 heterocycles. The lowest BCUT2D eigenvalue weighted by Gasteiger charge is -2.12. The third-order valence-corrected chi connectivity index (χ3v) is 5.54. The van der Waals surface area contributed by atoms with Gasteiger partial charge in [0, 0.05) is 10.9 Å². The summed E-state index contributed by atoms with van der Waals surface area (Å²) in [5, 5.41) is 12.1. The summed E-state index contributed by atoms with van der Waals surface area (Å²) >= 11 is 1.40. The van der Waals surface area contributed by atoms with Crippen LogP contribution >= 0.6 is 11.3 Å². The van der Waals surface area contributed by atoms with Crippen LogP contribution in [0.25, 0.3) is 10.4 Å². The van der Waals surface area contributed by atoms with E-state index in [1.165, 1.54) is 11.3 Å². The van der Waals surface area contributed by atoms with Crippen molar-refractivity contribution in [1.82, 2.24) is 5.32 Å². The Hall–Kier alpha value is -2.34. The predicted octanol–water partition coefficient (Wildman–Crippen LogP) is 3.80. The van der Waals surface area contributed by atoms with Gasteiger partial charge in [0.15, 0.2) is 0 Å². The molecule has 0 saturated heterocycles. The fourth-order valence-electron chi connectivity index (χ4n) is 3.13. The molecule has 1 saturated carbocycles. The molecule has 1 fully saturated rings. The van der Waals surface area contributed by atoms with Crippen LogP contribution in [-0.2, 0) is 4.79 Å². The van der Waals surface area contributed by atoms with E-state index in [0.717, 1.165) is 10.4 Å². The lowest BCUT2D eigenvalue weighted by Crippen LogP contribution is -2.33. The van der Waals surface area contributed by atoms with Crippen LogP contribution in [0, 0.1) is 5.92 Å². The minimum absolute atomic E-state index is 0.0923. The van der Waals surface area contributed by atoms with E-state index in [9.17, 15) is 9.59 Å². The fraction of sp³-hybridized carbons (Fsp3) is 0.368. The number of nitrogens with one attached hydrogen (secondary N) is 1. The maximum absolute atomic E-state index is 12.7. The summed E-state index contributed by atoms with van der Waals surface area (Å²) in [4.78, 5) is 25.3. The summed E-state index contributed by atoms with van der Waals surface area (Å²) in [5.41, 5.74) is 1.04. The standard InChI is InChI=1S/C19H21NO4S/c1-2-24-15-11-16(12-6-4-3-5-7-12)25-17(15)18(21)20-14-9-8-13(10-14)19(22)23/h3-7,11,13-14H,2,8-10H2,1H3,(H,20,21)(H,22,23)/t13-,14+/m1/s1. The van der Waals surface area contributed by atoms with Crippen LogP contribution < -0.4 is 10.1 Å². The number of benzene rings is 1. The van der Waals surface area contributed by atoms with Crippen LogP contribution in [0.5, 0.6) is 5.75 Å². The molecule has 6 heteroatoms. The van der Waals surface area contributed by atoms with E-state index < -0.39 is 5.97 Å². The highest BCUT2D eigenvalue weighted by molar-refractivity contribution is 7.17. The van der Waals surface area contributed by atoms with Crippen LogP contribution in [0.2, 0.25) is 0 Å². The molecule has 1 amide bonds. The summed E-state index contributed by atoms with van der Waals surface area (Å²) in [6.07, 6.45) is 1.80.